The van der Waals surface area contributed by atoms with Crippen molar-refractivity contribution >= 4 is 45.0 Å². The first-order chi connectivity index (χ1) is 9.60. The summed E-state index contributed by atoms with van der Waals surface area (Å²) in [6.45, 7) is 2.10. The predicted octanol–water partition coefficient (Wildman–Crippen LogP) is 4.42. The molecule has 2 aromatic rings. The van der Waals surface area contributed by atoms with Gasteiger partial charge in [-0.2, -0.15) is 0 Å². The van der Waals surface area contributed by atoms with Crippen molar-refractivity contribution in [1.29, 1.82) is 0 Å². The van der Waals surface area contributed by atoms with E-state index in [-0.39, 0.29) is 5.97 Å². The van der Waals surface area contributed by atoms with Crippen molar-refractivity contribution in [2.24, 2.45) is 0 Å². The maximum Gasteiger partial charge on any atom is 0.339 e. The number of rotatable bonds is 4. The van der Waals surface area contributed by atoms with Gasteiger partial charge in [0, 0.05) is 15.7 Å². The van der Waals surface area contributed by atoms with Crippen LogP contribution in [0.5, 0.6) is 0 Å². The lowest BCUT2D eigenvalue weighted by Gasteiger charge is -2.08. The van der Waals surface area contributed by atoms with Gasteiger partial charge in [-0.1, -0.05) is 11.6 Å². The number of aromatic nitrogens is 1. The number of hydrogen-bond donors (Lipinski definition) is 1. The molecule has 0 bridgehead atoms. The van der Waals surface area contributed by atoms with E-state index in [1.807, 2.05) is 6.07 Å². The Hall–Kier alpha value is -1.59. The van der Waals surface area contributed by atoms with Crippen LogP contribution >= 0.6 is 27.5 Å². The largest absolute Gasteiger partial charge is 0.462 e. The molecule has 0 fully saturated rings. The second kappa shape index (κ2) is 6.72. The molecule has 0 amide bonds. The lowest BCUT2D eigenvalue weighted by atomic mass is 10.2. The zero-order chi connectivity index (χ0) is 14.5. The van der Waals surface area contributed by atoms with Gasteiger partial charge in [-0.25, -0.2) is 9.78 Å². The maximum absolute atomic E-state index is 11.5. The second-order valence-electron chi connectivity index (χ2n) is 3.90. The SMILES string of the molecule is CCOC(=O)c1ccc(Nc2cc(Cl)ccc2Br)nc1. The molecule has 2 rings (SSSR count). The predicted molar refractivity (Wildman–Crippen MR) is 82.6 cm³/mol. The highest BCUT2D eigenvalue weighted by Gasteiger charge is 2.07. The fourth-order valence-corrected chi connectivity index (χ4v) is 2.05. The van der Waals surface area contributed by atoms with Crippen molar-refractivity contribution in [1.82, 2.24) is 4.98 Å². The molecule has 0 unspecified atom stereocenters. The van der Waals surface area contributed by atoms with E-state index in [0.29, 0.717) is 23.0 Å². The van der Waals surface area contributed by atoms with Crippen LogP contribution in [-0.2, 0) is 4.74 Å². The number of esters is 1. The molecular formula is C14H12BrClN2O2. The topological polar surface area (TPSA) is 51.2 Å². The normalized spacial score (nSPS) is 10.2. The molecule has 1 aromatic heterocycles. The van der Waals surface area contributed by atoms with Gasteiger partial charge in [0.15, 0.2) is 0 Å². The molecule has 0 aliphatic heterocycles. The number of halogens is 2. The Labute approximate surface area is 130 Å². The molecule has 0 aliphatic carbocycles. The van der Waals surface area contributed by atoms with Gasteiger partial charge in [0.1, 0.15) is 5.82 Å². The van der Waals surface area contributed by atoms with Crippen LogP contribution in [0.25, 0.3) is 0 Å². The number of hydrogen-bond acceptors (Lipinski definition) is 4. The molecule has 6 heteroatoms. The monoisotopic (exact) mass is 354 g/mol. The van der Waals surface area contributed by atoms with E-state index in [1.165, 1.54) is 6.20 Å². The van der Waals surface area contributed by atoms with Crippen LogP contribution in [0.4, 0.5) is 11.5 Å². The second-order valence-corrected chi connectivity index (χ2v) is 5.19. The number of nitrogens with zero attached hydrogens (tertiary/aromatic N) is 1. The number of pyridine rings is 1. The van der Waals surface area contributed by atoms with Gasteiger partial charge in [0.2, 0.25) is 0 Å². The third-order valence-electron chi connectivity index (χ3n) is 2.47. The average Bonchev–Trinajstić information content (AvgIpc) is 2.44. The number of benzene rings is 1. The molecular weight excluding hydrogens is 344 g/mol. The van der Waals surface area contributed by atoms with Crippen molar-refractivity contribution < 1.29 is 9.53 Å². The zero-order valence-corrected chi connectivity index (χ0v) is 13.0. The van der Waals surface area contributed by atoms with Crippen LogP contribution in [0.1, 0.15) is 17.3 Å². The van der Waals surface area contributed by atoms with Gasteiger partial charge >= 0.3 is 5.97 Å². The number of carbonyl (C=O) groups excluding carboxylic acids is 1. The first-order valence-corrected chi connectivity index (χ1v) is 7.12. The van der Waals surface area contributed by atoms with Gasteiger partial charge in [-0.3, -0.25) is 0 Å². The zero-order valence-electron chi connectivity index (χ0n) is 10.7. The lowest BCUT2D eigenvalue weighted by Crippen LogP contribution is -2.05. The van der Waals surface area contributed by atoms with Crippen molar-refractivity contribution in [2.45, 2.75) is 6.92 Å². The van der Waals surface area contributed by atoms with Crippen LogP contribution in [0, 0.1) is 0 Å². The van der Waals surface area contributed by atoms with E-state index < -0.39 is 0 Å². The van der Waals surface area contributed by atoms with E-state index in [0.717, 1.165) is 10.2 Å². The van der Waals surface area contributed by atoms with Crippen LogP contribution in [0.3, 0.4) is 0 Å². The van der Waals surface area contributed by atoms with Crippen molar-refractivity contribution in [3.8, 4) is 0 Å². The molecule has 1 N–H and O–H groups in total. The smallest absolute Gasteiger partial charge is 0.339 e. The summed E-state index contributed by atoms with van der Waals surface area (Å²) in [4.78, 5) is 15.7. The minimum absolute atomic E-state index is 0.342. The summed E-state index contributed by atoms with van der Waals surface area (Å²) in [6.07, 6.45) is 1.47. The van der Waals surface area contributed by atoms with Crippen molar-refractivity contribution in [3.05, 3.63) is 51.6 Å². The Morgan fingerprint density at radius 3 is 2.85 bits per heavy atom. The fourth-order valence-electron chi connectivity index (χ4n) is 1.53. The first kappa shape index (κ1) is 14.8. The Morgan fingerprint density at radius 2 is 2.20 bits per heavy atom. The van der Waals surface area contributed by atoms with Crippen LogP contribution in [0.2, 0.25) is 5.02 Å². The number of anilines is 2. The molecule has 1 aromatic carbocycles. The molecule has 0 radical (unpaired) electrons. The van der Waals surface area contributed by atoms with Gasteiger partial charge in [-0.05, 0) is 53.2 Å². The third kappa shape index (κ3) is 3.71. The molecule has 0 aliphatic rings. The van der Waals surface area contributed by atoms with Gasteiger partial charge in [0.25, 0.3) is 0 Å². The van der Waals surface area contributed by atoms with Crippen molar-refractivity contribution in [3.63, 3.8) is 0 Å². The highest BCUT2D eigenvalue weighted by Crippen LogP contribution is 2.28. The standard InChI is InChI=1S/C14H12BrClN2O2/c1-2-20-14(19)9-3-6-13(17-8-9)18-12-7-10(16)4-5-11(12)15/h3-8H,2H2,1H3,(H,17,18). The summed E-state index contributed by atoms with van der Waals surface area (Å²) in [5, 5.41) is 3.74. The summed E-state index contributed by atoms with van der Waals surface area (Å²) < 4.78 is 5.77. The van der Waals surface area contributed by atoms with Crippen LogP contribution in [-0.4, -0.2) is 17.6 Å². The molecule has 0 atom stereocenters. The highest BCUT2D eigenvalue weighted by molar-refractivity contribution is 9.10. The maximum atomic E-state index is 11.5. The minimum atomic E-state index is -0.379. The van der Waals surface area contributed by atoms with E-state index in [1.54, 1.807) is 31.2 Å². The average molecular weight is 356 g/mol. The Morgan fingerprint density at radius 1 is 1.40 bits per heavy atom. The molecule has 1 heterocycles. The van der Waals surface area contributed by atoms with E-state index in [2.05, 4.69) is 26.2 Å². The molecule has 0 saturated carbocycles. The Bertz CT molecular complexity index is 617. The first-order valence-electron chi connectivity index (χ1n) is 5.95. The molecule has 104 valence electrons. The fraction of sp³-hybridized carbons (Fsp3) is 0.143. The highest BCUT2D eigenvalue weighted by atomic mass is 79.9. The van der Waals surface area contributed by atoms with Gasteiger partial charge in [0.05, 0.1) is 17.9 Å². The molecule has 4 nitrogen and oxygen atoms in total. The number of ether oxygens (including phenoxy) is 1. The molecule has 20 heavy (non-hydrogen) atoms. The minimum Gasteiger partial charge on any atom is -0.462 e. The van der Waals surface area contributed by atoms with E-state index in [9.17, 15) is 4.79 Å². The third-order valence-corrected chi connectivity index (χ3v) is 3.39. The summed E-state index contributed by atoms with van der Waals surface area (Å²) in [7, 11) is 0. The lowest BCUT2D eigenvalue weighted by molar-refractivity contribution is 0.0526. The summed E-state index contributed by atoms with van der Waals surface area (Å²) in [5.41, 5.74) is 1.22. The van der Waals surface area contributed by atoms with Crippen LogP contribution < -0.4 is 5.32 Å². The number of nitrogens with one attached hydrogen (secondary N) is 1. The Balaban J connectivity index is 2.14. The van der Waals surface area contributed by atoms with Gasteiger partial charge < -0.3 is 10.1 Å². The quantitative estimate of drug-likeness (QED) is 0.825. The summed E-state index contributed by atoms with van der Waals surface area (Å²) >= 11 is 9.37. The summed E-state index contributed by atoms with van der Waals surface area (Å²) in [5.74, 6) is 0.233. The number of carbonyl (C=O) groups is 1. The Kier molecular flexibility index (Phi) is 4.98. The van der Waals surface area contributed by atoms with Crippen LogP contribution in [0.15, 0.2) is 41.0 Å². The molecule has 0 spiro atoms. The van der Waals surface area contributed by atoms with Crippen molar-refractivity contribution in [2.75, 3.05) is 11.9 Å². The summed E-state index contributed by atoms with van der Waals surface area (Å²) in [6, 6.07) is 8.78. The molecule has 0 saturated heterocycles. The van der Waals surface area contributed by atoms with E-state index >= 15 is 0 Å². The van der Waals surface area contributed by atoms with Gasteiger partial charge in [-0.15, -0.1) is 0 Å². The van der Waals surface area contributed by atoms with E-state index in [4.69, 9.17) is 16.3 Å².